The molecule has 100 valence electrons. The van der Waals surface area contributed by atoms with E-state index in [0.717, 1.165) is 15.3 Å². The molecule has 0 saturated carbocycles. The Morgan fingerprint density at radius 1 is 1.16 bits per heavy atom. The quantitative estimate of drug-likeness (QED) is 0.829. The van der Waals surface area contributed by atoms with E-state index in [2.05, 4.69) is 0 Å². The molecule has 0 saturated heterocycles. The molecule has 2 nitrogen and oxygen atoms in total. The zero-order valence-corrected chi connectivity index (χ0v) is 12.5. The fourth-order valence-corrected chi connectivity index (χ4v) is 2.81. The van der Waals surface area contributed by atoms with Crippen molar-refractivity contribution in [1.82, 2.24) is 0 Å². The Labute approximate surface area is 117 Å². The van der Waals surface area contributed by atoms with Crippen LogP contribution in [0.2, 0.25) is 0 Å². The summed E-state index contributed by atoms with van der Waals surface area (Å²) in [4.78, 5) is 14.2. The lowest BCUT2D eigenvalue weighted by Gasteiger charge is -2.21. The largest absolute Gasteiger partial charge is 0.508 e. The van der Waals surface area contributed by atoms with Crippen molar-refractivity contribution in [2.24, 2.45) is 0 Å². The van der Waals surface area contributed by atoms with Gasteiger partial charge in [-0.3, -0.25) is 4.79 Å². The van der Waals surface area contributed by atoms with Crippen molar-refractivity contribution in [1.29, 1.82) is 0 Å². The van der Waals surface area contributed by atoms with Gasteiger partial charge in [0.1, 0.15) is 5.75 Å². The molecule has 0 unspecified atom stereocenters. The second-order valence-electron chi connectivity index (χ2n) is 5.72. The second kappa shape index (κ2) is 4.82. The van der Waals surface area contributed by atoms with Crippen molar-refractivity contribution in [3.8, 4) is 5.75 Å². The highest BCUT2D eigenvalue weighted by atomic mass is 32.1. The predicted molar refractivity (Wildman–Crippen MR) is 79.3 cm³/mol. The van der Waals surface area contributed by atoms with E-state index < -0.39 is 0 Å². The Morgan fingerprint density at radius 3 is 2.37 bits per heavy atom. The molecular weight excluding hydrogens is 256 g/mol. The van der Waals surface area contributed by atoms with Crippen LogP contribution in [0.15, 0.2) is 30.3 Å². The average molecular weight is 274 g/mol. The molecule has 2 aromatic rings. The third-order valence-corrected chi connectivity index (χ3v) is 4.03. The van der Waals surface area contributed by atoms with E-state index in [1.54, 1.807) is 18.2 Å². The minimum Gasteiger partial charge on any atom is -0.508 e. The van der Waals surface area contributed by atoms with Crippen LogP contribution in [0.4, 0.5) is 0 Å². The number of carbonyl (C=O) groups excluding carboxylic acids is 1. The number of carbonyl (C=O) groups is 1. The standard InChI is InChI=1S/C16H18O2S/c1-10-5-8-14(19-10)15(18)11-6-7-13(17)12(9-11)16(2,3)4/h5-9,17H,1-4H3. The lowest BCUT2D eigenvalue weighted by molar-refractivity contribution is 0.104. The van der Waals surface area contributed by atoms with Gasteiger partial charge in [0.15, 0.2) is 0 Å². The molecule has 0 spiro atoms. The van der Waals surface area contributed by atoms with Crippen LogP contribution < -0.4 is 0 Å². The van der Waals surface area contributed by atoms with Gasteiger partial charge in [0.05, 0.1) is 4.88 Å². The molecule has 0 aliphatic rings. The summed E-state index contributed by atoms with van der Waals surface area (Å²) in [5.41, 5.74) is 1.24. The zero-order valence-electron chi connectivity index (χ0n) is 11.7. The summed E-state index contributed by atoms with van der Waals surface area (Å²) in [5.74, 6) is 0.259. The van der Waals surface area contributed by atoms with Gasteiger partial charge < -0.3 is 5.11 Å². The lowest BCUT2D eigenvalue weighted by atomic mass is 9.85. The summed E-state index contributed by atoms with van der Waals surface area (Å²) >= 11 is 1.50. The maximum atomic E-state index is 12.4. The first-order valence-corrected chi connectivity index (χ1v) is 7.05. The molecule has 2 rings (SSSR count). The maximum absolute atomic E-state index is 12.4. The first-order valence-electron chi connectivity index (χ1n) is 6.23. The Balaban J connectivity index is 2.44. The number of ketones is 1. The number of hydrogen-bond acceptors (Lipinski definition) is 3. The van der Waals surface area contributed by atoms with Gasteiger partial charge in [-0.1, -0.05) is 20.8 Å². The topological polar surface area (TPSA) is 37.3 Å². The summed E-state index contributed by atoms with van der Waals surface area (Å²) in [6, 6.07) is 8.89. The first kappa shape index (κ1) is 13.8. The van der Waals surface area contributed by atoms with Crippen LogP contribution in [0, 0.1) is 6.92 Å². The Kier molecular flexibility index (Phi) is 3.50. The summed E-state index contributed by atoms with van der Waals surface area (Å²) in [5, 5.41) is 9.92. The van der Waals surface area contributed by atoms with E-state index in [1.165, 1.54) is 11.3 Å². The Hall–Kier alpha value is -1.61. The zero-order chi connectivity index (χ0) is 14.2. The Morgan fingerprint density at radius 2 is 1.84 bits per heavy atom. The van der Waals surface area contributed by atoms with Crippen LogP contribution in [0.5, 0.6) is 5.75 Å². The highest BCUT2D eigenvalue weighted by Gasteiger charge is 2.20. The minimum atomic E-state index is -0.189. The number of thiophene rings is 1. The monoisotopic (exact) mass is 274 g/mol. The average Bonchev–Trinajstić information content (AvgIpc) is 2.74. The molecule has 3 heteroatoms. The van der Waals surface area contributed by atoms with E-state index in [4.69, 9.17) is 0 Å². The van der Waals surface area contributed by atoms with Gasteiger partial charge in [-0.25, -0.2) is 0 Å². The third-order valence-electron chi connectivity index (χ3n) is 3.03. The highest BCUT2D eigenvalue weighted by molar-refractivity contribution is 7.14. The first-order chi connectivity index (χ1) is 8.79. The van der Waals surface area contributed by atoms with Crippen molar-refractivity contribution < 1.29 is 9.90 Å². The molecule has 0 radical (unpaired) electrons. The van der Waals surface area contributed by atoms with Crippen LogP contribution in [0.3, 0.4) is 0 Å². The van der Waals surface area contributed by atoms with Crippen LogP contribution in [-0.4, -0.2) is 10.9 Å². The molecule has 0 amide bonds. The fraction of sp³-hybridized carbons (Fsp3) is 0.312. The van der Waals surface area contributed by atoms with Gasteiger partial charge in [0, 0.05) is 10.4 Å². The molecule has 1 heterocycles. The number of rotatable bonds is 2. The van der Waals surface area contributed by atoms with Gasteiger partial charge in [0.25, 0.3) is 0 Å². The second-order valence-corrected chi connectivity index (χ2v) is 7.01. The number of hydrogen-bond donors (Lipinski definition) is 1. The van der Waals surface area contributed by atoms with Crippen LogP contribution in [0.25, 0.3) is 0 Å². The molecule has 0 aliphatic carbocycles. The SMILES string of the molecule is Cc1ccc(C(=O)c2ccc(O)c(C(C)(C)C)c2)s1. The van der Waals surface area contributed by atoms with Crippen LogP contribution in [-0.2, 0) is 5.41 Å². The predicted octanol–water partition coefficient (Wildman–Crippen LogP) is 4.29. The van der Waals surface area contributed by atoms with Gasteiger partial charge in [-0.05, 0) is 48.2 Å². The number of phenolic OH excluding ortho intramolecular Hbond substituents is 1. The number of phenols is 1. The van der Waals surface area contributed by atoms with E-state index in [-0.39, 0.29) is 16.9 Å². The van der Waals surface area contributed by atoms with E-state index in [9.17, 15) is 9.90 Å². The van der Waals surface area contributed by atoms with Crippen molar-refractivity contribution in [2.45, 2.75) is 33.1 Å². The van der Waals surface area contributed by atoms with Crippen molar-refractivity contribution in [3.05, 3.63) is 51.2 Å². The summed E-state index contributed by atoms with van der Waals surface area (Å²) in [6.07, 6.45) is 0. The highest BCUT2D eigenvalue weighted by Crippen LogP contribution is 2.32. The van der Waals surface area contributed by atoms with Crippen molar-refractivity contribution >= 4 is 17.1 Å². The van der Waals surface area contributed by atoms with Gasteiger partial charge in [0.2, 0.25) is 5.78 Å². The molecule has 19 heavy (non-hydrogen) atoms. The van der Waals surface area contributed by atoms with Gasteiger partial charge in [-0.15, -0.1) is 11.3 Å². The maximum Gasteiger partial charge on any atom is 0.202 e. The summed E-state index contributed by atoms with van der Waals surface area (Å²) in [7, 11) is 0. The smallest absolute Gasteiger partial charge is 0.202 e. The lowest BCUT2D eigenvalue weighted by Crippen LogP contribution is -2.12. The third kappa shape index (κ3) is 2.87. The Bertz CT molecular complexity index is 618. The molecule has 0 fully saturated rings. The van der Waals surface area contributed by atoms with Gasteiger partial charge >= 0.3 is 0 Å². The molecule has 0 bridgehead atoms. The van der Waals surface area contributed by atoms with Crippen LogP contribution >= 0.6 is 11.3 Å². The number of aryl methyl sites for hydroxylation is 1. The van der Waals surface area contributed by atoms with Gasteiger partial charge in [-0.2, -0.15) is 0 Å². The normalized spacial score (nSPS) is 11.6. The van der Waals surface area contributed by atoms with E-state index in [1.807, 2.05) is 39.8 Å². The van der Waals surface area contributed by atoms with Crippen molar-refractivity contribution in [2.75, 3.05) is 0 Å². The van der Waals surface area contributed by atoms with E-state index in [0.29, 0.717) is 5.56 Å². The molecule has 0 atom stereocenters. The fourth-order valence-electron chi connectivity index (χ4n) is 1.98. The number of aromatic hydroxyl groups is 1. The molecule has 1 N–H and O–H groups in total. The summed E-state index contributed by atoms with van der Waals surface area (Å²) < 4.78 is 0. The molecule has 1 aromatic carbocycles. The van der Waals surface area contributed by atoms with Crippen LogP contribution in [0.1, 0.15) is 46.4 Å². The summed E-state index contributed by atoms with van der Waals surface area (Å²) in [6.45, 7) is 8.04. The minimum absolute atomic E-state index is 0.0172. The van der Waals surface area contributed by atoms with Crippen molar-refractivity contribution in [3.63, 3.8) is 0 Å². The molecule has 0 aliphatic heterocycles. The molecule has 1 aromatic heterocycles. The number of benzene rings is 1. The molecular formula is C16H18O2S. The van der Waals surface area contributed by atoms with E-state index >= 15 is 0 Å².